The molecule has 2 nitrogen and oxygen atoms in total. The van der Waals surface area contributed by atoms with Gasteiger partial charge in [-0.15, -0.1) is 0 Å². The molecule has 0 atom stereocenters. The lowest BCUT2D eigenvalue weighted by atomic mass is 10.00. The molecule has 40 heavy (non-hydrogen) atoms. The first-order valence-electron chi connectivity index (χ1n) is 13.7. The van der Waals surface area contributed by atoms with Gasteiger partial charge in [-0.05, 0) is 78.2 Å². The summed E-state index contributed by atoms with van der Waals surface area (Å²) in [6, 6.07) is 48.8. The molecule has 188 valence electrons. The second-order valence-corrected chi connectivity index (χ2v) is 11.7. The average Bonchev–Trinajstić information content (AvgIpc) is 3.50. The molecule has 0 unspecified atom stereocenters. The van der Waals surface area contributed by atoms with Gasteiger partial charge >= 0.3 is 0 Å². The molecular formula is C37H24N2S. The van der Waals surface area contributed by atoms with Crippen LogP contribution in [0.1, 0.15) is 11.1 Å². The summed E-state index contributed by atoms with van der Waals surface area (Å²) in [6.45, 7) is 0. The number of para-hydroxylation sites is 4. The van der Waals surface area contributed by atoms with E-state index in [0.717, 1.165) is 6.42 Å². The van der Waals surface area contributed by atoms with Crippen LogP contribution in [0.2, 0.25) is 0 Å². The van der Waals surface area contributed by atoms with E-state index < -0.39 is 0 Å². The Bertz CT molecular complexity index is 2090. The average molecular weight is 529 g/mol. The third-order valence-electron chi connectivity index (χ3n) is 8.34. The highest BCUT2D eigenvalue weighted by atomic mass is 32.2. The van der Waals surface area contributed by atoms with Crippen molar-refractivity contribution in [1.82, 2.24) is 9.13 Å². The molecule has 0 saturated carbocycles. The van der Waals surface area contributed by atoms with Crippen LogP contribution < -0.4 is 0 Å². The molecule has 3 heterocycles. The third-order valence-corrected chi connectivity index (χ3v) is 9.54. The zero-order valence-electron chi connectivity index (χ0n) is 21.7. The number of aromatic nitrogens is 2. The number of benzene rings is 6. The van der Waals surface area contributed by atoms with Crippen LogP contribution in [0.25, 0.3) is 55.0 Å². The quantitative estimate of drug-likeness (QED) is 0.217. The van der Waals surface area contributed by atoms with Crippen LogP contribution in [0.3, 0.4) is 0 Å². The van der Waals surface area contributed by atoms with Crippen LogP contribution in [0.5, 0.6) is 0 Å². The molecule has 3 heteroatoms. The van der Waals surface area contributed by atoms with E-state index in [1.165, 1.54) is 75.9 Å². The summed E-state index contributed by atoms with van der Waals surface area (Å²) in [5.74, 6) is 0. The fourth-order valence-corrected chi connectivity index (χ4v) is 7.68. The van der Waals surface area contributed by atoms with Gasteiger partial charge < -0.3 is 9.13 Å². The maximum Gasteiger partial charge on any atom is 0.0552 e. The predicted octanol–water partition coefficient (Wildman–Crippen LogP) is 9.94. The molecule has 0 N–H and O–H groups in total. The molecule has 1 aliphatic rings. The van der Waals surface area contributed by atoms with Gasteiger partial charge in [0.15, 0.2) is 0 Å². The number of hydrogen-bond acceptors (Lipinski definition) is 1. The van der Waals surface area contributed by atoms with E-state index in [0.29, 0.717) is 0 Å². The van der Waals surface area contributed by atoms with Gasteiger partial charge in [0.2, 0.25) is 0 Å². The Morgan fingerprint density at radius 3 is 1.30 bits per heavy atom. The molecule has 0 bridgehead atoms. The molecule has 8 aromatic rings. The van der Waals surface area contributed by atoms with Crippen molar-refractivity contribution in [2.75, 3.05) is 0 Å². The summed E-state index contributed by atoms with van der Waals surface area (Å²) in [6.07, 6.45) is 0.944. The molecule has 0 amide bonds. The maximum absolute atomic E-state index is 2.44. The summed E-state index contributed by atoms with van der Waals surface area (Å²) < 4.78 is 4.83. The molecular weight excluding hydrogens is 504 g/mol. The second kappa shape index (κ2) is 8.38. The third kappa shape index (κ3) is 3.13. The SMILES string of the molecule is c1ccc(-n2c3ccccc3c3cc4c(cc32)Sc2cc3c(cc2C4)c2ccccc2n3-c2ccccc2)cc1. The number of fused-ring (bicyclic) bond motifs is 8. The highest BCUT2D eigenvalue weighted by molar-refractivity contribution is 7.99. The summed E-state index contributed by atoms with van der Waals surface area (Å²) in [4.78, 5) is 2.70. The molecule has 0 fully saturated rings. The molecule has 2 aromatic heterocycles. The molecule has 0 radical (unpaired) electrons. The topological polar surface area (TPSA) is 9.86 Å². The van der Waals surface area contributed by atoms with Crippen molar-refractivity contribution in [3.05, 3.63) is 145 Å². The van der Waals surface area contributed by atoms with Crippen molar-refractivity contribution in [2.24, 2.45) is 0 Å². The van der Waals surface area contributed by atoms with Crippen LogP contribution in [0, 0.1) is 0 Å². The fourth-order valence-electron chi connectivity index (χ4n) is 6.58. The van der Waals surface area contributed by atoms with E-state index >= 15 is 0 Å². The summed E-state index contributed by atoms with van der Waals surface area (Å²) in [5, 5.41) is 5.26. The minimum atomic E-state index is 0.944. The lowest BCUT2D eigenvalue weighted by Crippen LogP contribution is -2.01. The zero-order chi connectivity index (χ0) is 26.2. The van der Waals surface area contributed by atoms with Crippen LogP contribution in [0.4, 0.5) is 0 Å². The molecule has 0 saturated heterocycles. The van der Waals surface area contributed by atoms with Gasteiger partial charge in [0, 0.05) is 42.7 Å². The highest BCUT2D eigenvalue weighted by Gasteiger charge is 2.23. The smallest absolute Gasteiger partial charge is 0.0552 e. The Morgan fingerprint density at radius 1 is 0.400 bits per heavy atom. The van der Waals surface area contributed by atoms with E-state index in [1.54, 1.807) is 0 Å². The number of nitrogens with zero attached hydrogens (tertiary/aromatic N) is 2. The predicted molar refractivity (Wildman–Crippen MR) is 168 cm³/mol. The van der Waals surface area contributed by atoms with E-state index in [1.807, 2.05) is 11.8 Å². The highest BCUT2D eigenvalue weighted by Crippen LogP contribution is 2.46. The molecule has 9 rings (SSSR count). The summed E-state index contributed by atoms with van der Waals surface area (Å²) in [7, 11) is 0. The molecule has 6 aromatic carbocycles. The van der Waals surface area contributed by atoms with Crippen LogP contribution in [-0.2, 0) is 6.42 Å². The van der Waals surface area contributed by atoms with Crippen molar-refractivity contribution >= 4 is 55.4 Å². The Labute approximate surface area is 236 Å². The first kappa shape index (κ1) is 22.1. The number of hydrogen-bond donors (Lipinski definition) is 0. The second-order valence-electron chi connectivity index (χ2n) is 10.6. The van der Waals surface area contributed by atoms with E-state index in [4.69, 9.17) is 0 Å². The number of rotatable bonds is 2. The zero-order valence-corrected chi connectivity index (χ0v) is 22.5. The first-order valence-corrected chi connectivity index (χ1v) is 14.6. The Kier molecular flexibility index (Phi) is 4.64. The van der Waals surface area contributed by atoms with Crippen LogP contribution >= 0.6 is 11.8 Å². The van der Waals surface area contributed by atoms with E-state index in [-0.39, 0.29) is 0 Å². The van der Waals surface area contributed by atoms with Gasteiger partial charge in [0.1, 0.15) is 0 Å². The monoisotopic (exact) mass is 528 g/mol. The van der Waals surface area contributed by atoms with Gasteiger partial charge in [0.05, 0.1) is 22.1 Å². The molecule has 0 spiro atoms. The van der Waals surface area contributed by atoms with Gasteiger partial charge in [-0.2, -0.15) is 0 Å². The first-order chi connectivity index (χ1) is 19.8. The minimum absolute atomic E-state index is 0.944. The lowest BCUT2D eigenvalue weighted by Gasteiger charge is -2.20. The lowest BCUT2D eigenvalue weighted by molar-refractivity contribution is 1.06. The van der Waals surface area contributed by atoms with Gasteiger partial charge in [0.25, 0.3) is 0 Å². The summed E-state index contributed by atoms with van der Waals surface area (Å²) >= 11 is 1.91. The van der Waals surface area contributed by atoms with Crippen LogP contribution in [-0.4, -0.2) is 9.13 Å². The van der Waals surface area contributed by atoms with Gasteiger partial charge in [-0.3, -0.25) is 0 Å². The van der Waals surface area contributed by atoms with Crippen molar-refractivity contribution in [3.63, 3.8) is 0 Å². The van der Waals surface area contributed by atoms with Crippen molar-refractivity contribution in [3.8, 4) is 11.4 Å². The largest absolute Gasteiger partial charge is 0.309 e. The fraction of sp³-hybridized carbons (Fsp3) is 0.0270. The Morgan fingerprint density at radius 2 is 0.825 bits per heavy atom. The van der Waals surface area contributed by atoms with Crippen LogP contribution in [0.15, 0.2) is 143 Å². The minimum Gasteiger partial charge on any atom is -0.309 e. The van der Waals surface area contributed by atoms with Crippen molar-refractivity contribution in [1.29, 1.82) is 0 Å². The van der Waals surface area contributed by atoms with E-state index in [2.05, 4.69) is 143 Å². The molecule has 0 aliphatic carbocycles. The molecule has 1 aliphatic heterocycles. The van der Waals surface area contributed by atoms with Crippen molar-refractivity contribution < 1.29 is 0 Å². The van der Waals surface area contributed by atoms with Gasteiger partial charge in [-0.25, -0.2) is 0 Å². The van der Waals surface area contributed by atoms with Gasteiger partial charge in [-0.1, -0.05) is 84.6 Å². The summed E-state index contributed by atoms with van der Waals surface area (Å²) in [5.41, 5.74) is 10.3. The van der Waals surface area contributed by atoms with Crippen molar-refractivity contribution in [2.45, 2.75) is 16.2 Å². The Hall–Kier alpha value is -4.73. The Balaban J connectivity index is 1.28. The van der Waals surface area contributed by atoms with E-state index in [9.17, 15) is 0 Å². The standard InChI is InChI=1S/C37H24N2S/c1-3-11-26(12-4-1)38-32-17-9-7-15-28(32)30-20-24-19-25-21-31-29-16-8-10-18-33(29)39(27-13-5-2-6-14-27)35(31)23-37(25)40-36(24)22-34(30)38/h1-18,20-23H,19H2. The normalized spacial score (nSPS) is 12.8. The maximum atomic E-state index is 2.44.